The normalized spacial score (nSPS) is 22.6. The Labute approximate surface area is 55.5 Å². The molecule has 0 amide bonds. The first-order valence-electron chi connectivity index (χ1n) is 3.18. The minimum atomic E-state index is -0.153. The van der Waals surface area contributed by atoms with E-state index in [-0.39, 0.29) is 11.9 Å². The van der Waals surface area contributed by atoms with Gasteiger partial charge in [-0.1, -0.05) is 13.8 Å². The summed E-state index contributed by atoms with van der Waals surface area (Å²) in [5.41, 5.74) is 0. The second kappa shape index (κ2) is 4.13. The van der Waals surface area contributed by atoms with Crippen LogP contribution in [0.1, 0.15) is 20.8 Å². The minimum Gasteiger partial charge on any atom is -0.434 e. The highest BCUT2D eigenvalue weighted by molar-refractivity contribution is 5.76. The molecular formula is C7H12O2. The van der Waals surface area contributed by atoms with Crippen LogP contribution < -0.4 is 0 Å². The molecule has 1 aliphatic heterocycles. The SMILES string of the molecule is CC.CC1C=COC1=O. The van der Waals surface area contributed by atoms with Crippen molar-refractivity contribution in [2.45, 2.75) is 20.8 Å². The summed E-state index contributed by atoms with van der Waals surface area (Å²) in [6, 6.07) is 0. The summed E-state index contributed by atoms with van der Waals surface area (Å²) in [6.45, 7) is 5.80. The maximum Gasteiger partial charge on any atom is 0.317 e. The lowest BCUT2D eigenvalue weighted by Crippen LogP contribution is -2.01. The molecule has 52 valence electrons. The predicted octanol–water partition coefficient (Wildman–Crippen LogP) is 1.72. The zero-order chi connectivity index (χ0) is 7.28. The van der Waals surface area contributed by atoms with E-state index in [1.165, 1.54) is 6.26 Å². The van der Waals surface area contributed by atoms with Crippen LogP contribution in [0.2, 0.25) is 0 Å². The van der Waals surface area contributed by atoms with Gasteiger partial charge in [-0.15, -0.1) is 0 Å². The Bertz CT molecular complexity index is 116. The molecule has 0 aliphatic carbocycles. The molecule has 0 aromatic heterocycles. The van der Waals surface area contributed by atoms with E-state index in [2.05, 4.69) is 4.74 Å². The van der Waals surface area contributed by atoms with Crippen LogP contribution in [0, 0.1) is 5.92 Å². The predicted molar refractivity (Wildman–Crippen MR) is 35.7 cm³/mol. The number of rotatable bonds is 0. The van der Waals surface area contributed by atoms with Crippen molar-refractivity contribution < 1.29 is 9.53 Å². The molecule has 2 heteroatoms. The number of cyclic esters (lactones) is 1. The Morgan fingerprint density at radius 3 is 2.22 bits per heavy atom. The number of carbonyl (C=O) groups is 1. The molecule has 9 heavy (non-hydrogen) atoms. The monoisotopic (exact) mass is 128 g/mol. The third kappa shape index (κ3) is 2.31. The second-order valence-electron chi connectivity index (χ2n) is 1.55. The molecule has 0 aromatic rings. The van der Waals surface area contributed by atoms with Crippen LogP contribution in [0.15, 0.2) is 12.3 Å². The summed E-state index contributed by atoms with van der Waals surface area (Å²) in [5.74, 6) is -0.181. The lowest BCUT2D eigenvalue weighted by Gasteiger charge is -1.89. The highest BCUT2D eigenvalue weighted by Gasteiger charge is 2.14. The van der Waals surface area contributed by atoms with Crippen molar-refractivity contribution >= 4 is 5.97 Å². The van der Waals surface area contributed by atoms with Crippen LogP contribution >= 0.6 is 0 Å². The minimum absolute atomic E-state index is 0.0278. The fourth-order valence-corrected chi connectivity index (χ4v) is 0.410. The van der Waals surface area contributed by atoms with E-state index in [4.69, 9.17) is 0 Å². The van der Waals surface area contributed by atoms with Crippen LogP contribution in [0.4, 0.5) is 0 Å². The van der Waals surface area contributed by atoms with Gasteiger partial charge in [-0.3, -0.25) is 4.79 Å². The lowest BCUT2D eigenvalue weighted by molar-refractivity contribution is -0.138. The molecule has 0 aromatic carbocycles. The zero-order valence-electron chi connectivity index (χ0n) is 6.05. The standard InChI is InChI=1S/C5H6O2.C2H6/c1-4-2-3-7-5(4)6;1-2/h2-4H,1H3;1-2H3. The van der Waals surface area contributed by atoms with Crippen molar-refractivity contribution in [2.75, 3.05) is 0 Å². The molecule has 0 fully saturated rings. The number of esters is 1. The molecule has 0 spiro atoms. The molecule has 0 saturated carbocycles. The van der Waals surface area contributed by atoms with Crippen LogP contribution in [-0.2, 0) is 9.53 Å². The Balaban J connectivity index is 0.000000291. The van der Waals surface area contributed by atoms with Gasteiger partial charge >= 0.3 is 5.97 Å². The van der Waals surface area contributed by atoms with Crippen LogP contribution in [0.25, 0.3) is 0 Å². The Morgan fingerprint density at radius 2 is 2.11 bits per heavy atom. The van der Waals surface area contributed by atoms with E-state index in [0.29, 0.717) is 0 Å². The smallest absolute Gasteiger partial charge is 0.317 e. The first-order valence-corrected chi connectivity index (χ1v) is 3.18. The number of ether oxygens (including phenoxy) is 1. The molecule has 1 aliphatic rings. The average molecular weight is 128 g/mol. The Kier molecular flexibility index (Phi) is 3.76. The molecule has 0 N–H and O–H groups in total. The zero-order valence-corrected chi connectivity index (χ0v) is 6.05. The summed E-state index contributed by atoms with van der Waals surface area (Å²) >= 11 is 0. The van der Waals surface area contributed by atoms with Crippen molar-refractivity contribution in [3.63, 3.8) is 0 Å². The molecule has 2 nitrogen and oxygen atoms in total. The first-order chi connectivity index (χ1) is 4.30. The molecule has 1 unspecified atom stereocenters. The molecule has 1 atom stereocenters. The third-order valence-corrected chi connectivity index (χ3v) is 0.923. The third-order valence-electron chi connectivity index (χ3n) is 0.923. The summed E-state index contributed by atoms with van der Waals surface area (Å²) in [4.78, 5) is 10.3. The van der Waals surface area contributed by atoms with E-state index in [0.717, 1.165) is 0 Å². The van der Waals surface area contributed by atoms with Gasteiger partial charge < -0.3 is 4.74 Å². The highest BCUT2D eigenvalue weighted by Crippen LogP contribution is 2.07. The van der Waals surface area contributed by atoms with Gasteiger partial charge in [0.15, 0.2) is 0 Å². The molecule has 0 saturated heterocycles. The summed E-state index contributed by atoms with van der Waals surface area (Å²) in [7, 11) is 0. The van der Waals surface area contributed by atoms with Crippen molar-refractivity contribution in [2.24, 2.45) is 5.92 Å². The Hall–Kier alpha value is -0.790. The fourth-order valence-electron chi connectivity index (χ4n) is 0.410. The second-order valence-corrected chi connectivity index (χ2v) is 1.55. The van der Waals surface area contributed by atoms with Gasteiger partial charge in [-0.2, -0.15) is 0 Å². The first kappa shape index (κ1) is 8.21. The number of hydrogen-bond acceptors (Lipinski definition) is 2. The van der Waals surface area contributed by atoms with E-state index in [9.17, 15) is 4.79 Å². The molecule has 0 radical (unpaired) electrons. The molecular weight excluding hydrogens is 116 g/mol. The van der Waals surface area contributed by atoms with Crippen LogP contribution in [-0.4, -0.2) is 5.97 Å². The van der Waals surface area contributed by atoms with Gasteiger partial charge in [0.1, 0.15) is 0 Å². The van der Waals surface area contributed by atoms with Crippen molar-refractivity contribution in [1.29, 1.82) is 0 Å². The Morgan fingerprint density at radius 1 is 1.56 bits per heavy atom. The van der Waals surface area contributed by atoms with Gasteiger partial charge in [-0.25, -0.2) is 0 Å². The van der Waals surface area contributed by atoms with Gasteiger partial charge in [0.2, 0.25) is 0 Å². The largest absolute Gasteiger partial charge is 0.434 e. The highest BCUT2D eigenvalue weighted by atomic mass is 16.5. The van der Waals surface area contributed by atoms with Gasteiger partial charge in [0, 0.05) is 0 Å². The van der Waals surface area contributed by atoms with E-state index < -0.39 is 0 Å². The fraction of sp³-hybridized carbons (Fsp3) is 0.571. The maximum atomic E-state index is 10.3. The number of carbonyl (C=O) groups excluding carboxylic acids is 1. The van der Waals surface area contributed by atoms with Crippen molar-refractivity contribution in [3.05, 3.63) is 12.3 Å². The van der Waals surface area contributed by atoms with E-state index >= 15 is 0 Å². The van der Waals surface area contributed by atoms with E-state index in [1.807, 2.05) is 13.8 Å². The van der Waals surface area contributed by atoms with Crippen LogP contribution in [0.5, 0.6) is 0 Å². The van der Waals surface area contributed by atoms with Crippen molar-refractivity contribution in [3.8, 4) is 0 Å². The van der Waals surface area contributed by atoms with Gasteiger partial charge in [0.05, 0.1) is 12.2 Å². The van der Waals surface area contributed by atoms with Crippen molar-refractivity contribution in [1.82, 2.24) is 0 Å². The topological polar surface area (TPSA) is 26.3 Å². The maximum absolute atomic E-state index is 10.3. The van der Waals surface area contributed by atoms with Crippen LogP contribution in [0.3, 0.4) is 0 Å². The summed E-state index contributed by atoms with van der Waals surface area (Å²) in [6.07, 6.45) is 3.15. The summed E-state index contributed by atoms with van der Waals surface area (Å²) in [5, 5.41) is 0. The quantitative estimate of drug-likeness (QED) is 0.464. The molecule has 1 rings (SSSR count). The van der Waals surface area contributed by atoms with Gasteiger partial charge in [-0.05, 0) is 13.0 Å². The van der Waals surface area contributed by atoms with Gasteiger partial charge in [0.25, 0.3) is 0 Å². The number of hydrogen-bond donors (Lipinski definition) is 0. The molecule has 0 bridgehead atoms. The lowest BCUT2D eigenvalue weighted by atomic mass is 10.2. The molecule has 1 heterocycles. The average Bonchev–Trinajstić information content (AvgIpc) is 2.23. The van der Waals surface area contributed by atoms with E-state index in [1.54, 1.807) is 13.0 Å². The summed E-state index contributed by atoms with van der Waals surface area (Å²) < 4.78 is 4.45.